The minimum atomic E-state index is -0.274. The van der Waals surface area contributed by atoms with Crippen LogP contribution in [0.25, 0.3) is 10.9 Å². The van der Waals surface area contributed by atoms with Gasteiger partial charge in [0.25, 0.3) is 5.91 Å². The van der Waals surface area contributed by atoms with Gasteiger partial charge in [0.2, 0.25) is 0 Å². The lowest BCUT2D eigenvalue weighted by molar-refractivity contribution is 0.101. The van der Waals surface area contributed by atoms with Crippen molar-refractivity contribution in [2.75, 3.05) is 5.32 Å². The van der Waals surface area contributed by atoms with Crippen LogP contribution < -0.4 is 5.32 Å². The Hall–Kier alpha value is -5.18. The normalized spacial score (nSPS) is 11.4. The highest BCUT2D eigenvalue weighted by Crippen LogP contribution is 2.29. The fraction of sp³-hybridized carbons (Fsp3) is 0.133. The van der Waals surface area contributed by atoms with E-state index in [0.717, 1.165) is 11.3 Å². The molecule has 0 spiro atoms. The van der Waals surface area contributed by atoms with Gasteiger partial charge < -0.3 is 20.5 Å². The number of H-pyrrole nitrogens is 1. The first kappa shape index (κ1) is 25.5. The summed E-state index contributed by atoms with van der Waals surface area (Å²) in [5.74, 6) is -0.422. The van der Waals surface area contributed by atoms with E-state index in [9.17, 15) is 19.8 Å². The molecule has 1 amide bonds. The Morgan fingerprint density at radius 3 is 2.46 bits per heavy atom. The zero-order chi connectivity index (χ0) is 27.7. The van der Waals surface area contributed by atoms with Crippen molar-refractivity contribution in [1.29, 1.82) is 0 Å². The molecule has 0 saturated carbocycles. The van der Waals surface area contributed by atoms with Gasteiger partial charge in [0.15, 0.2) is 11.7 Å². The van der Waals surface area contributed by atoms with Crippen LogP contribution in [0.5, 0.6) is 11.6 Å². The predicted molar refractivity (Wildman–Crippen MR) is 151 cm³/mol. The van der Waals surface area contributed by atoms with Gasteiger partial charge in [-0.3, -0.25) is 19.3 Å². The zero-order valence-electron chi connectivity index (χ0n) is 21.7. The fourth-order valence-corrected chi connectivity index (χ4v) is 4.32. The van der Waals surface area contributed by atoms with Gasteiger partial charge in [-0.1, -0.05) is 6.07 Å². The number of amides is 1. The number of nitrogens with one attached hydrogen (secondary N) is 2. The van der Waals surface area contributed by atoms with Crippen LogP contribution in [-0.2, 0) is 6.54 Å². The summed E-state index contributed by atoms with van der Waals surface area (Å²) in [4.78, 5) is 33.2. The number of aromatic amines is 1. The second-order valence-corrected chi connectivity index (χ2v) is 9.22. The van der Waals surface area contributed by atoms with E-state index in [1.165, 1.54) is 12.3 Å². The standard InChI is InChI=1S/C30H27N5O4/c1-4-35-26(13-18(3)34-35)30(39)32-21-10-6-19(7-11-21)28(37)20-8-12-25-23(14-20)24(29(38)33-25)16-31-22-9-5-17(2)27(36)15-22/h5-16,33,36,38H,4H2,1-3H3,(H,32,39). The summed E-state index contributed by atoms with van der Waals surface area (Å²) < 4.78 is 1.64. The number of aromatic nitrogens is 3. The number of carbonyl (C=O) groups excluding carboxylic acids is 2. The SMILES string of the molecule is CCn1nc(C)cc1C(=O)Nc1ccc(C(=O)c2ccc3[nH]c(O)c(C=Nc4ccc(C)c(O)c4)c3c2)cc1. The third-order valence-electron chi connectivity index (χ3n) is 6.45. The molecule has 9 nitrogen and oxygen atoms in total. The molecule has 39 heavy (non-hydrogen) atoms. The van der Waals surface area contributed by atoms with Crippen LogP contribution >= 0.6 is 0 Å². The first-order valence-electron chi connectivity index (χ1n) is 12.4. The minimum Gasteiger partial charge on any atom is -0.508 e. The molecule has 0 bridgehead atoms. The van der Waals surface area contributed by atoms with Crippen molar-refractivity contribution in [3.8, 4) is 11.6 Å². The molecule has 0 saturated heterocycles. The summed E-state index contributed by atoms with van der Waals surface area (Å²) in [7, 11) is 0. The van der Waals surface area contributed by atoms with Crippen molar-refractivity contribution in [3.05, 3.63) is 100 Å². The Bertz CT molecular complexity index is 1750. The summed E-state index contributed by atoms with van der Waals surface area (Å²) >= 11 is 0. The predicted octanol–water partition coefficient (Wildman–Crippen LogP) is 5.65. The molecule has 5 aromatic rings. The molecule has 0 aliphatic carbocycles. The van der Waals surface area contributed by atoms with Crippen LogP contribution in [0.1, 0.15) is 50.2 Å². The number of aryl methyl sites for hydroxylation is 3. The third-order valence-corrected chi connectivity index (χ3v) is 6.45. The van der Waals surface area contributed by atoms with E-state index >= 15 is 0 Å². The number of anilines is 1. The Balaban J connectivity index is 1.37. The van der Waals surface area contributed by atoms with Crippen LogP contribution in [0, 0.1) is 13.8 Å². The second kappa shape index (κ2) is 10.3. The molecule has 0 aliphatic heterocycles. The Morgan fingerprint density at radius 1 is 1.00 bits per heavy atom. The van der Waals surface area contributed by atoms with E-state index in [1.54, 1.807) is 72.3 Å². The number of nitrogens with zero attached hydrogens (tertiary/aromatic N) is 3. The summed E-state index contributed by atoms with van der Waals surface area (Å²) in [5.41, 5.74) is 5.02. The van der Waals surface area contributed by atoms with Crippen molar-refractivity contribution in [2.45, 2.75) is 27.3 Å². The Labute approximate surface area is 224 Å². The average Bonchev–Trinajstić information content (AvgIpc) is 3.47. The van der Waals surface area contributed by atoms with Gasteiger partial charge in [-0.15, -0.1) is 0 Å². The van der Waals surface area contributed by atoms with Crippen molar-refractivity contribution in [2.24, 2.45) is 4.99 Å². The molecule has 0 radical (unpaired) electrons. The second-order valence-electron chi connectivity index (χ2n) is 9.22. The molecule has 5 rings (SSSR count). The zero-order valence-corrected chi connectivity index (χ0v) is 21.7. The summed E-state index contributed by atoms with van der Waals surface area (Å²) in [6.07, 6.45) is 1.50. The van der Waals surface area contributed by atoms with Gasteiger partial charge in [0.05, 0.1) is 16.9 Å². The summed E-state index contributed by atoms with van der Waals surface area (Å²) in [6.45, 7) is 6.12. The molecule has 0 fully saturated rings. The van der Waals surface area contributed by atoms with Crippen LogP contribution in [-0.4, -0.2) is 42.9 Å². The first-order valence-corrected chi connectivity index (χ1v) is 12.4. The number of fused-ring (bicyclic) bond motifs is 1. The van der Waals surface area contributed by atoms with Gasteiger partial charge in [0, 0.05) is 46.5 Å². The van der Waals surface area contributed by atoms with Crippen LogP contribution in [0.15, 0.2) is 71.7 Å². The topological polar surface area (TPSA) is 133 Å². The van der Waals surface area contributed by atoms with Crippen molar-refractivity contribution < 1.29 is 19.8 Å². The Morgan fingerprint density at radius 2 is 1.74 bits per heavy atom. The van der Waals surface area contributed by atoms with Crippen LogP contribution in [0.2, 0.25) is 0 Å². The van der Waals surface area contributed by atoms with Crippen molar-refractivity contribution in [3.63, 3.8) is 0 Å². The van der Waals surface area contributed by atoms with Gasteiger partial charge >= 0.3 is 0 Å². The number of benzene rings is 3. The van der Waals surface area contributed by atoms with Crippen LogP contribution in [0.4, 0.5) is 11.4 Å². The summed E-state index contributed by atoms with van der Waals surface area (Å²) in [5, 5.41) is 28.2. The van der Waals surface area contributed by atoms with E-state index in [1.807, 2.05) is 13.8 Å². The third kappa shape index (κ3) is 5.15. The highest BCUT2D eigenvalue weighted by Gasteiger charge is 2.16. The van der Waals surface area contributed by atoms with E-state index in [-0.39, 0.29) is 23.3 Å². The number of carbonyl (C=O) groups is 2. The molecule has 0 atom stereocenters. The smallest absolute Gasteiger partial charge is 0.273 e. The van der Waals surface area contributed by atoms with E-state index < -0.39 is 0 Å². The largest absolute Gasteiger partial charge is 0.508 e. The number of phenols is 1. The molecular weight excluding hydrogens is 494 g/mol. The lowest BCUT2D eigenvalue weighted by atomic mass is 10.0. The average molecular weight is 522 g/mol. The molecule has 196 valence electrons. The summed E-state index contributed by atoms with van der Waals surface area (Å²) in [6, 6.07) is 18.6. The maximum Gasteiger partial charge on any atom is 0.273 e. The highest BCUT2D eigenvalue weighted by molar-refractivity contribution is 6.12. The molecule has 4 N–H and O–H groups in total. The van der Waals surface area contributed by atoms with Gasteiger partial charge in [-0.05, 0) is 80.9 Å². The van der Waals surface area contributed by atoms with Crippen molar-refractivity contribution >= 4 is 40.2 Å². The number of hydrogen-bond donors (Lipinski definition) is 4. The monoisotopic (exact) mass is 521 g/mol. The van der Waals surface area contributed by atoms with E-state index in [2.05, 4.69) is 20.4 Å². The first-order chi connectivity index (χ1) is 18.7. The lowest BCUT2D eigenvalue weighted by Gasteiger charge is -2.08. The maximum absolute atomic E-state index is 13.3. The molecule has 0 aliphatic rings. The van der Waals surface area contributed by atoms with Crippen LogP contribution in [0.3, 0.4) is 0 Å². The van der Waals surface area contributed by atoms with Gasteiger partial charge in [0.1, 0.15) is 11.4 Å². The number of phenolic OH excluding ortho intramolecular Hbond substituents is 1. The van der Waals surface area contributed by atoms with E-state index in [4.69, 9.17) is 0 Å². The quantitative estimate of drug-likeness (QED) is 0.162. The number of aromatic hydroxyl groups is 2. The number of rotatable bonds is 7. The molecule has 2 aromatic heterocycles. The van der Waals surface area contributed by atoms with E-state index in [0.29, 0.717) is 51.2 Å². The van der Waals surface area contributed by atoms with Gasteiger partial charge in [-0.2, -0.15) is 5.10 Å². The van der Waals surface area contributed by atoms with Crippen molar-refractivity contribution in [1.82, 2.24) is 14.8 Å². The maximum atomic E-state index is 13.3. The fourth-order valence-electron chi connectivity index (χ4n) is 4.32. The highest BCUT2D eigenvalue weighted by atomic mass is 16.3. The minimum absolute atomic E-state index is 0.0746. The van der Waals surface area contributed by atoms with Gasteiger partial charge in [-0.25, -0.2) is 0 Å². The lowest BCUT2D eigenvalue weighted by Crippen LogP contribution is -2.17. The molecule has 9 heteroatoms. The number of aliphatic imine (C=N–C) groups is 1. The Kier molecular flexibility index (Phi) is 6.72. The number of hydrogen-bond acceptors (Lipinski definition) is 6. The molecule has 0 unspecified atom stereocenters. The molecule has 2 heterocycles. The number of ketones is 1. The molecule has 3 aromatic carbocycles. The molecular formula is C30H27N5O4.